The van der Waals surface area contributed by atoms with Crippen molar-refractivity contribution >= 4 is 57.6 Å². The molecule has 7 heteroatoms. The number of hydrogen-bond donors (Lipinski definition) is 0. The zero-order valence-electron chi connectivity index (χ0n) is 17.5. The predicted molar refractivity (Wildman–Crippen MR) is 137 cm³/mol. The number of benzene rings is 3. The van der Waals surface area contributed by atoms with Crippen LogP contribution in [-0.4, -0.2) is 18.7 Å². The van der Waals surface area contributed by atoms with Crippen molar-refractivity contribution in [1.29, 1.82) is 0 Å². The summed E-state index contributed by atoms with van der Waals surface area (Å²) in [6, 6.07) is 20.9. The molecule has 0 saturated heterocycles. The van der Waals surface area contributed by atoms with E-state index >= 15 is 0 Å². The Labute approximate surface area is 205 Å². The molecule has 4 rings (SSSR count). The molecule has 1 amide bonds. The fourth-order valence-electron chi connectivity index (χ4n) is 3.33. The second-order valence-electron chi connectivity index (χ2n) is 7.12. The fourth-order valence-corrected chi connectivity index (χ4v) is 4.33. The summed E-state index contributed by atoms with van der Waals surface area (Å²) in [5.41, 5.74) is 3.56. The van der Waals surface area contributed by atoms with E-state index in [1.807, 2.05) is 60.7 Å². The number of halogens is 2. The minimum atomic E-state index is -0.228. The molecule has 32 heavy (non-hydrogen) atoms. The van der Waals surface area contributed by atoms with Gasteiger partial charge >= 0.3 is 0 Å². The first-order chi connectivity index (χ1) is 15.5. The van der Waals surface area contributed by atoms with Crippen LogP contribution in [-0.2, 0) is 11.4 Å². The van der Waals surface area contributed by atoms with Crippen LogP contribution in [0.25, 0.3) is 6.08 Å². The summed E-state index contributed by atoms with van der Waals surface area (Å²) in [5.74, 6) is 1.04. The summed E-state index contributed by atoms with van der Waals surface area (Å²) in [5, 5.41) is 6.22. The first-order valence-corrected chi connectivity index (χ1v) is 11.3. The fraction of sp³-hybridized carbons (Fsp3) is 0.120. The standard InChI is InChI=1S/C25H20ClIN2O3/c1-16-19(25(30)29(28-16)22-11-7-6-10-20(22)26)12-18-13-21(27)24(23(14-18)31-2)32-15-17-8-4-3-5-9-17/h3-14H,15H2,1-2H3. The number of para-hydroxylation sites is 1. The number of carbonyl (C=O) groups is 1. The highest BCUT2D eigenvalue weighted by molar-refractivity contribution is 14.1. The Morgan fingerprint density at radius 3 is 2.53 bits per heavy atom. The van der Waals surface area contributed by atoms with Crippen molar-refractivity contribution < 1.29 is 14.3 Å². The molecule has 0 N–H and O–H groups in total. The minimum Gasteiger partial charge on any atom is -0.493 e. The molecule has 1 aliphatic rings. The largest absolute Gasteiger partial charge is 0.493 e. The lowest BCUT2D eigenvalue weighted by Gasteiger charge is -2.14. The van der Waals surface area contributed by atoms with Crippen LogP contribution in [0.1, 0.15) is 18.1 Å². The third-order valence-corrected chi connectivity index (χ3v) is 6.05. The third kappa shape index (κ3) is 4.66. The van der Waals surface area contributed by atoms with Gasteiger partial charge in [0, 0.05) is 0 Å². The van der Waals surface area contributed by atoms with Crippen LogP contribution in [0.3, 0.4) is 0 Å². The number of methoxy groups -OCH3 is 1. The van der Waals surface area contributed by atoms with Crippen LogP contribution in [0.4, 0.5) is 5.69 Å². The smallest absolute Gasteiger partial charge is 0.280 e. The average Bonchev–Trinajstić information content (AvgIpc) is 3.07. The summed E-state index contributed by atoms with van der Waals surface area (Å²) >= 11 is 8.48. The lowest BCUT2D eigenvalue weighted by molar-refractivity contribution is -0.114. The molecule has 5 nitrogen and oxygen atoms in total. The van der Waals surface area contributed by atoms with E-state index in [0.717, 1.165) is 14.7 Å². The highest BCUT2D eigenvalue weighted by Gasteiger charge is 2.30. The Hall–Kier alpha value is -2.84. The summed E-state index contributed by atoms with van der Waals surface area (Å²) < 4.78 is 12.5. The maximum absolute atomic E-state index is 13.1. The molecule has 3 aromatic rings. The van der Waals surface area contributed by atoms with Gasteiger partial charge in [-0.1, -0.05) is 54.1 Å². The van der Waals surface area contributed by atoms with Crippen LogP contribution in [0.5, 0.6) is 11.5 Å². The quantitative estimate of drug-likeness (QED) is 0.262. The second-order valence-corrected chi connectivity index (χ2v) is 8.69. The van der Waals surface area contributed by atoms with Crippen LogP contribution >= 0.6 is 34.2 Å². The van der Waals surface area contributed by atoms with E-state index in [0.29, 0.717) is 40.1 Å². The number of nitrogens with zero attached hydrogens (tertiary/aromatic N) is 2. The van der Waals surface area contributed by atoms with Gasteiger partial charge in [-0.25, -0.2) is 0 Å². The molecule has 0 fully saturated rings. The van der Waals surface area contributed by atoms with Crippen LogP contribution < -0.4 is 14.5 Å². The number of carbonyl (C=O) groups excluding carboxylic acids is 1. The molecule has 0 unspecified atom stereocenters. The van der Waals surface area contributed by atoms with Crippen molar-refractivity contribution in [2.24, 2.45) is 5.10 Å². The monoisotopic (exact) mass is 558 g/mol. The Balaban J connectivity index is 1.61. The van der Waals surface area contributed by atoms with Crippen LogP contribution in [0.2, 0.25) is 5.02 Å². The Bertz CT molecular complexity index is 1230. The molecule has 0 spiro atoms. The topological polar surface area (TPSA) is 51.1 Å². The van der Waals surface area contributed by atoms with E-state index in [1.54, 1.807) is 26.2 Å². The second kappa shape index (κ2) is 9.75. The molecular formula is C25H20ClIN2O3. The van der Waals surface area contributed by atoms with Gasteiger partial charge < -0.3 is 9.47 Å². The van der Waals surface area contributed by atoms with Gasteiger partial charge in [-0.15, -0.1) is 0 Å². The van der Waals surface area contributed by atoms with Gasteiger partial charge in [-0.2, -0.15) is 10.1 Å². The van der Waals surface area contributed by atoms with Gasteiger partial charge in [0.1, 0.15) is 6.61 Å². The van der Waals surface area contributed by atoms with Crippen molar-refractivity contribution in [3.05, 3.63) is 92.0 Å². The van der Waals surface area contributed by atoms with Gasteiger partial charge in [0.15, 0.2) is 11.5 Å². The minimum absolute atomic E-state index is 0.228. The van der Waals surface area contributed by atoms with Gasteiger partial charge in [0.25, 0.3) is 5.91 Å². The summed E-state index contributed by atoms with van der Waals surface area (Å²) in [6.07, 6.45) is 1.81. The van der Waals surface area contributed by atoms with Gasteiger partial charge in [-0.3, -0.25) is 4.79 Å². The number of hydrogen-bond acceptors (Lipinski definition) is 4. The Morgan fingerprint density at radius 2 is 1.81 bits per heavy atom. The number of hydrazone groups is 1. The summed E-state index contributed by atoms with van der Waals surface area (Å²) in [4.78, 5) is 13.1. The van der Waals surface area contributed by atoms with E-state index in [1.165, 1.54) is 5.01 Å². The van der Waals surface area contributed by atoms with E-state index in [2.05, 4.69) is 27.7 Å². The lowest BCUT2D eigenvalue weighted by atomic mass is 10.1. The average molecular weight is 559 g/mol. The van der Waals surface area contributed by atoms with Gasteiger partial charge in [-0.05, 0) is 71.0 Å². The molecule has 1 aliphatic heterocycles. The lowest BCUT2D eigenvalue weighted by Crippen LogP contribution is -2.21. The zero-order valence-corrected chi connectivity index (χ0v) is 20.4. The highest BCUT2D eigenvalue weighted by atomic mass is 127. The normalized spacial score (nSPS) is 14.6. The molecule has 0 aliphatic carbocycles. The molecule has 0 bridgehead atoms. The predicted octanol–water partition coefficient (Wildman–Crippen LogP) is 6.34. The van der Waals surface area contributed by atoms with Crippen molar-refractivity contribution in [2.75, 3.05) is 12.1 Å². The van der Waals surface area contributed by atoms with E-state index in [-0.39, 0.29) is 5.91 Å². The van der Waals surface area contributed by atoms with Crippen molar-refractivity contribution in [3.63, 3.8) is 0 Å². The first kappa shape index (κ1) is 22.4. The molecule has 0 saturated carbocycles. The van der Waals surface area contributed by atoms with Gasteiger partial charge in [0.05, 0.1) is 32.7 Å². The Morgan fingerprint density at radius 1 is 1.09 bits per heavy atom. The first-order valence-electron chi connectivity index (χ1n) is 9.88. The van der Waals surface area contributed by atoms with E-state index in [4.69, 9.17) is 21.1 Å². The molecule has 0 atom stereocenters. The van der Waals surface area contributed by atoms with Crippen LogP contribution in [0, 0.1) is 3.57 Å². The third-order valence-electron chi connectivity index (χ3n) is 4.93. The zero-order chi connectivity index (χ0) is 22.7. The molecule has 0 radical (unpaired) electrons. The SMILES string of the molecule is COc1cc(C=C2C(=O)N(c3ccccc3Cl)N=C2C)cc(I)c1OCc1ccccc1. The molecule has 162 valence electrons. The molecule has 1 heterocycles. The number of ether oxygens (including phenoxy) is 2. The maximum Gasteiger partial charge on any atom is 0.280 e. The van der Waals surface area contributed by atoms with Gasteiger partial charge in [0.2, 0.25) is 0 Å². The highest BCUT2D eigenvalue weighted by Crippen LogP contribution is 2.36. The van der Waals surface area contributed by atoms with Crippen molar-refractivity contribution in [2.45, 2.75) is 13.5 Å². The molecule has 0 aromatic heterocycles. The number of amides is 1. The number of rotatable bonds is 6. The number of anilines is 1. The van der Waals surface area contributed by atoms with E-state index in [9.17, 15) is 4.79 Å². The summed E-state index contributed by atoms with van der Waals surface area (Å²) in [7, 11) is 1.60. The van der Waals surface area contributed by atoms with E-state index < -0.39 is 0 Å². The maximum atomic E-state index is 13.1. The van der Waals surface area contributed by atoms with Crippen molar-refractivity contribution in [3.8, 4) is 11.5 Å². The van der Waals surface area contributed by atoms with Crippen LogP contribution in [0.15, 0.2) is 77.4 Å². The molecule has 3 aromatic carbocycles. The summed E-state index contributed by atoms with van der Waals surface area (Å²) in [6.45, 7) is 2.24. The van der Waals surface area contributed by atoms with Crippen molar-refractivity contribution in [1.82, 2.24) is 0 Å². The Kier molecular flexibility index (Phi) is 6.81. The molecular weight excluding hydrogens is 539 g/mol.